The van der Waals surface area contributed by atoms with E-state index in [9.17, 15) is 23.1 Å². The predicted octanol–water partition coefficient (Wildman–Crippen LogP) is 1.12. The molecular weight excluding hydrogens is 289 g/mol. The average molecular weight is 308 g/mol. The minimum absolute atomic E-state index is 0.0829. The molecule has 2 N–H and O–H groups in total. The molecule has 0 aromatic heterocycles. The van der Waals surface area contributed by atoms with Gasteiger partial charge < -0.3 is 20.1 Å². The Hall–Kier alpha value is -1.02. The Morgan fingerprint density at radius 3 is 2.52 bits per heavy atom. The van der Waals surface area contributed by atoms with Crippen LogP contribution in [0.15, 0.2) is 0 Å². The Morgan fingerprint density at radius 2 is 1.90 bits per heavy atom. The van der Waals surface area contributed by atoms with Gasteiger partial charge in [-0.05, 0) is 12.8 Å². The predicted molar refractivity (Wildman–Crippen MR) is 66.5 cm³/mol. The highest BCUT2D eigenvalue weighted by Gasteiger charge is 2.56. The molecule has 8 heteroatoms. The van der Waals surface area contributed by atoms with Crippen molar-refractivity contribution < 1.29 is 27.8 Å². The quantitative estimate of drug-likeness (QED) is 0.763. The Kier molecular flexibility index (Phi) is 3.56. The topological polar surface area (TPSA) is 61.8 Å². The summed E-state index contributed by atoms with van der Waals surface area (Å²) in [5.74, 6) is 0.709. The molecule has 1 saturated carbocycles. The van der Waals surface area contributed by atoms with Crippen molar-refractivity contribution in [2.24, 2.45) is 11.8 Å². The van der Waals surface area contributed by atoms with Gasteiger partial charge in [-0.25, -0.2) is 4.79 Å². The lowest BCUT2D eigenvalue weighted by Crippen LogP contribution is -2.47. The number of nitrogens with zero attached hydrogens (tertiary/aromatic N) is 1. The number of aliphatic hydroxyl groups is 1. The summed E-state index contributed by atoms with van der Waals surface area (Å²) >= 11 is 0. The smallest absolute Gasteiger partial charge is 0.381 e. The molecule has 0 radical (unpaired) electrons. The van der Waals surface area contributed by atoms with Gasteiger partial charge in [-0.1, -0.05) is 0 Å². The van der Waals surface area contributed by atoms with Crippen LogP contribution < -0.4 is 5.32 Å². The van der Waals surface area contributed by atoms with Gasteiger partial charge in [0.1, 0.15) is 0 Å². The van der Waals surface area contributed by atoms with Crippen molar-refractivity contribution in [3.8, 4) is 0 Å². The van der Waals surface area contributed by atoms with Crippen molar-refractivity contribution in [1.82, 2.24) is 10.2 Å². The zero-order chi connectivity index (χ0) is 15.3. The lowest BCUT2D eigenvalue weighted by atomic mass is 9.94. The van der Waals surface area contributed by atoms with Gasteiger partial charge in [0.05, 0.1) is 13.2 Å². The minimum Gasteiger partial charge on any atom is -0.381 e. The molecule has 2 aliphatic heterocycles. The average Bonchev–Trinajstić information content (AvgIpc) is 2.88. The lowest BCUT2D eigenvalue weighted by Gasteiger charge is -2.29. The summed E-state index contributed by atoms with van der Waals surface area (Å²) in [5, 5.41) is 12.6. The highest BCUT2D eigenvalue weighted by Crippen LogP contribution is 2.44. The van der Waals surface area contributed by atoms with E-state index in [-0.39, 0.29) is 38.0 Å². The van der Waals surface area contributed by atoms with Gasteiger partial charge >= 0.3 is 12.2 Å². The number of halogens is 3. The van der Waals surface area contributed by atoms with Crippen LogP contribution in [0.2, 0.25) is 0 Å². The van der Waals surface area contributed by atoms with Gasteiger partial charge in [0.2, 0.25) is 0 Å². The molecule has 3 rings (SSSR count). The summed E-state index contributed by atoms with van der Waals surface area (Å²) in [7, 11) is 0. The number of urea groups is 1. The van der Waals surface area contributed by atoms with Gasteiger partial charge in [-0.2, -0.15) is 13.2 Å². The minimum atomic E-state index is -4.65. The molecule has 2 saturated heterocycles. The third-order valence-corrected chi connectivity index (χ3v) is 4.87. The van der Waals surface area contributed by atoms with E-state index in [1.54, 1.807) is 0 Å². The molecule has 2 unspecified atom stereocenters. The zero-order valence-corrected chi connectivity index (χ0v) is 11.5. The molecular formula is C13H19F3N2O3. The highest BCUT2D eigenvalue weighted by atomic mass is 19.4. The Bertz CT molecular complexity index is 421. The third kappa shape index (κ3) is 2.70. The molecule has 120 valence electrons. The standard InChI is InChI=1S/C13H19F3N2O3/c14-13(15,16)12(20)2-1-4-18(5-3-12)11(19)17-10-8-6-21-7-9(8)10/h8-10,20H,1-7H2,(H,17,19)/t8-,9+,10?,12?. The first-order valence-corrected chi connectivity index (χ1v) is 7.24. The Balaban J connectivity index is 1.54. The number of ether oxygens (including phenoxy) is 1. The fraction of sp³-hybridized carbons (Fsp3) is 0.923. The zero-order valence-electron chi connectivity index (χ0n) is 11.5. The van der Waals surface area contributed by atoms with E-state index in [2.05, 4.69) is 5.32 Å². The molecule has 4 atom stereocenters. The van der Waals surface area contributed by atoms with E-state index in [4.69, 9.17) is 4.74 Å². The summed E-state index contributed by atoms with van der Waals surface area (Å²) < 4.78 is 43.7. The second-order valence-electron chi connectivity index (χ2n) is 6.21. The number of alkyl halides is 3. The largest absolute Gasteiger partial charge is 0.417 e. The maximum absolute atomic E-state index is 12.8. The van der Waals surface area contributed by atoms with Crippen molar-refractivity contribution in [2.45, 2.75) is 37.1 Å². The molecule has 5 nitrogen and oxygen atoms in total. The lowest BCUT2D eigenvalue weighted by molar-refractivity contribution is -0.263. The first-order chi connectivity index (χ1) is 9.82. The Morgan fingerprint density at radius 1 is 1.24 bits per heavy atom. The second kappa shape index (κ2) is 5.01. The summed E-state index contributed by atoms with van der Waals surface area (Å²) in [5.41, 5.74) is -2.67. The Labute approximate surface area is 120 Å². The fourth-order valence-corrected chi connectivity index (χ4v) is 3.29. The fourth-order valence-electron chi connectivity index (χ4n) is 3.29. The highest BCUT2D eigenvalue weighted by molar-refractivity contribution is 5.75. The van der Waals surface area contributed by atoms with E-state index >= 15 is 0 Å². The molecule has 3 aliphatic rings. The molecule has 0 spiro atoms. The van der Waals surface area contributed by atoms with Crippen LogP contribution in [0, 0.1) is 11.8 Å². The molecule has 21 heavy (non-hydrogen) atoms. The number of nitrogens with one attached hydrogen (secondary N) is 1. The number of hydrogen-bond donors (Lipinski definition) is 2. The van der Waals surface area contributed by atoms with Crippen LogP contribution in [0.1, 0.15) is 19.3 Å². The molecule has 0 aromatic rings. The van der Waals surface area contributed by atoms with Gasteiger partial charge in [-0.15, -0.1) is 0 Å². The second-order valence-corrected chi connectivity index (χ2v) is 6.21. The van der Waals surface area contributed by atoms with Crippen LogP contribution in [0.4, 0.5) is 18.0 Å². The summed E-state index contributed by atoms with van der Waals surface area (Å²) in [6.07, 6.45) is -5.33. The monoisotopic (exact) mass is 308 g/mol. The normalized spacial score (nSPS) is 39.6. The van der Waals surface area contributed by atoms with Crippen LogP contribution >= 0.6 is 0 Å². The van der Waals surface area contributed by atoms with Gasteiger partial charge in [0.15, 0.2) is 5.60 Å². The maximum Gasteiger partial charge on any atom is 0.417 e. The van der Waals surface area contributed by atoms with Crippen LogP contribution in [0.25, 0.3) is 0 Å². The SMILES string of the molecule is O=C(NC1[C@H]2COC[C@@H]12)N1CCCC(O)(C(F)(F)F)CC1. The number of amides is 2. The number of rotatable bonds is 1. The van der Waals surface area contributed by atoms with Gasteiger partial charge in [0.25, 0.3) is 0 Å². The van der Waals surface area contributed by atoms with Crippen molar-refractivity contribution in [3.63, 3.8) is 0 Å². The van der Waals surface area contributed by atoms with E-state index in [0.717, 1.165) is 0 Å². The first kappa shape index (κ1) is 14.9. The van der Waals surface area contributed by atoms with Gasteiger partial charge in [0, 0.05) is 37.4 Å². The molecule has 2 heterocycles. The summed E-state index contributed by atoms with van der Waals surface area (Å²) in [6.45, 7) is 1.44. The van der Waals surface area contributed by atoms with Gasteiger partial charge in [-0.3, -0.25) is 0 Å². The molecule has 1 aliphatic carbocycles. The number of fused-ring (bicyclic) bond motifs is 1. The first-order valence-electron chi connectivity index (χ1n) is 7.24. The molecule has 0 bridgehead atoms. The number of likely N-dealkylation sites (tertiary alicyclic amines) is 1. The van der Waals surface area contributed by atoms with Crippen LogP contribution in [0.3, 0.4) is 0 Å². The summed E-state index contributed by atoms with van der Waals surface area (Å²) in [4.78, 5) is 13.5. The van der Waals surface area contributed by atoms with E-state index < -0.39 is 18.2 Å². The van der Waals surface area contributed by atoms with E-state index in [1.165, 1.54) is 4.90 Å². The maximum atomic E-state index is 12.8. The molecule has 3 fully saturated rings. The van der Waals surface area contributed by atoms with Crippen LogP contribution in [0.5, 0.6) is 0 Å². The van der Waals surface area contributed by atoms with Crippen molar-refractivity contribution in [2.75, 3.05) is 26.3 Å². The van der Waals surface area contributed by atoms with Crippen LogP contribution in [-0.4, -0.2) is 60.2 Å². The van der Waals surface area contributed by atoms with Crippen molar-refractivity contribution in [1.29, 1.82) is 0 Å². The molecule has 2 amide bonds. The number of hydrogen-bond acceptors (Lipinski definition) is 3. The summed E-state index contributed by atoms with van der Waals surface area (Å²) in [6, 6.07) is -0.239. The van der Waals surface area contributed by atoms with Crippen molar-refractivity contribution >= 4 is 6.03 Å². The number of carbonyl (C=O) groups excluding carboxylic acids is 1. The van der Waals surface area contributed by atoms with Crippen molar-refractivity contribution in [3.05, 3.63) is 0 Å². The molecule has 0 aromatic carbocycles. The van der Waals surface area contributed by atoms with Crippen LogP contribution in [-0.2, 0) is 4.74 Å². The van der Waals surface area contributed by atoms with E-state index in [0.29, 0.717) is 25.0 Å². The number of carbonyl (C=O) groups is 1. The van der Waals surface area contributed by atoms with E-state index in [1.807, 2.05) is 0 Å². The third-order valence-electron chi connectivity index (χ3n) is 4.87.